The average Bonchev–Trinajstić information content (AvgIpc) is 3.01. The van der Waals surface area contributed by atoms with Gasteiger partial charge in [0, 0.05) is 18.6 Å². The van der Waals surface area contributed by atoms with Gasteiger partial charge in [0.05, 0.1) is 23.5 Å². The molecule has 0 radical (unpaired) electrons. The van der Waals surface area contributed by atoms with Crippen molar-refractivity contribution >= 4 is 61.2 Å². The number of carbonyl (C=O) groups is 1. The molecule has 7 nitrogen and oxygen atoms in total. The molecular formula is C14H15Br2ClN6O. The van der Waals surface area contributed by atoms with Crippen molar-refractivity contribution in [2.75, 3.05) is 11.6 Å². The van der Waals surface area contributed by atoms with Crippen LogP contribution in [0.4, 0.5) is 5.82 Å². The number of aromatic nitrogens is 5. The monoisotopic (exact) mass is 476 g/mol. The molecule has 0 unspecified atom stereocenters. The van der Waals surface area contributed by atoms with E-state index in [1.54, 1.807) is 12.4 Å². The molecule has 3 aromatic rings. The number of halogens is 3. The van der Waals surface area contributed by atoms with E-state index in [0.29, 0.717) is 16.7 Å². The number of anilines is 1. The fourth-order valence-electron chi connectivity index (χ4n) is 1.47. The summed E-state index contributed by atoms with van der Waals surface area (Å²) >= 11 is 11.3. The summed E-state index contributed by atoms with van der Waals surface area (Å²) in [5, 5.41) is 0. The molecule has 0 fully saturated rings. The lowest BCUT2D eigenvalue weighted by Gasteiger charge is -1.96. The summed E-state index contributed by atoms with van der Waals surface area (Å²) in [5.41, 5.74) is 8.06. The minimum Gasteiger partial charge on any atom is -0.381 e. The number of fused-ring (bicyclic) bond motifs is 1. The summed E-state index contributed by atoms with van der Waals surface area (Å²) in [6.45, 7) is 3.81. The first-order valence-electron chi connectivity index (χ1n) is 6.59. The quantitative estimate of drug-likeness (QED) is 0.425. The van der Waals surface area contributed by atoms with Crippen LogP contribution in [0.3, 0.4) is 0 Å². The maximum Gasteiger partial charge on any atom is 0.170 e. The van der Waals surface area contributed by atoms with E-state index in [4.69, 9.17) is 22.1 Å². The van der Waals surface area contributed by atoms with Gasteiger partial charge in [0.15, 0.2) is 11.5 Å². The Labute approximate surface area is 160 Å². The van der Waals surface area contributed by atoms with E-state index >= 15 is 0 Å². The van der Waals surface area contributed by atoms with Crippen molar-refractivity contribution in [2.45, 2.75) is 13.8 Å². The summed E-state index contributed by atoms with van der Waals surface area (Å²) in [4.78, 5) is 25.2. The molecule has 3 aromatic heterocycles. The molecule has 0 aliphatic carbocycles. The van der Waals surface area contributed by atoms with Crippen LogP contribution < -0.4 is 5.73 Å². The zero-order chi connectivity index (χ0) is 18.1. The van der Waals surface area contributed by atoms with Crippen molar-refractivity contribution in [3.8, 4) is 0 Å². The van der Waals surface area contributed by atoms with E-state index in [0.717, 1.165) is 21.6 Å². The van der Waals surface area contributed by atoms with Crippen LogP contribution in [0, 0.1) is 13.8 Å². The van der Waals surface area contributed by atoms with Crippen LogP contribution in [0.25, 0.3) is 5.65 Å². The number of imidazole rings is 1. The Morgan fingerprint density at radius 1 is 1.21 bits per heavy atom. The predicted molar refractivity (Wildman–Crippen MR) is 101 cm³/mol. The second kappa shape index (κ2) is 10.3. The van der Waals surface area contributed by atoms with Gasteiger partial charge in [0.25, 0.3) is 0 Å². The maximum absolute atomic E-state index is 9.04. The molecule has 2 N–H and O–H groups in total. The fourth-order valence-corrected chi connectivity index (χ4v) is 2.44. The van der Waals surface area contributed by atoms with Gasteiger partial charge >= 0.3 is 0 Å². The molecule has 0 aromatic carbocycles. The van der Waals surface area contributed by atoms with Crippen LogP contribution in [0.2, 0.25) is 0 Å². The number of nitrogen functional groups attached to an aromatic ring is 1. The summed E-state index contributed by atoms with van der Waals surface area (Å²) in [7, 11) is 0. The van der Waals surface area contributed by atoms with Gasteiger partial charge in [-0.15, -0.1) is 11.6 Å². The molecule has 3 rings (SSSR count). The molecule has 10 heteroatoms. The summed E-state index contributed by atoms with van der Waals surface area (Å²) in [5.74, 6) is 0.542. The van der Waals surface area contributed by atoms with Crippen LogP contribution in [-0.2, 0) is 4.79 Å². The molecule has 0 saturated carbocycles. The molecular weight excluding hydrogens is 463 g/mol. The van der Waals surface area contributed by atoms with E-state index in [1.165, 1.54) is 0 Å². The lowest BCUT2D eigenvalue weighted by atomic mass is 10.5. The smallest absolute Gasteiger partial charge is 0.170 e. The number of hydrogen-bond donors (Lipinski definition) is 1. The van der Waals surface area contributed by atoms with E-state index in [-0.39, 0.29) is 5.88 Å². The third kappa shape index (κ3) is 6.50. The number of alkyl halides is 1. The summed E-state index contributed by atoms with van der Waals surface area (Å²) in [6.07, 6.45) is 7.85. The molecule has 0 aliphatic heterocycles. The molecule has 0 saturated heterocycles. The van der Waals surface area contributed by atoms with Gasteiger partial charge in [-0.05, 0) is 45.7 Å². The van der Waals surface area contributed by atoms with Gasteiger partial charge in [0.1, 0.15) is 15.5 Å². The second-order valence-corrected chi connectivity index (χ2v) is 6.15. The van der Waals surface area contributed by atoms with Crippen molar-refractivity contribution in [3.63, 3.8) is 0 Å². The SMILES string of the molecule is Cc1cn2ccnc2c(Br)n1.Cc1cnc(N)c(Br)n1.O=CCCl. The molecule has 0 amide bonds. The minimum atomic E-state index is 0.111. The van der Waals surface area contributed by atoms with Crippen molar-refractivity contribution in [3.05, 3.63) is 45.4 Å². The first kappa shape index (κ1) is 20.5. The lowest BCUT2D eigenvalue weighted by Crippen LogP contribution is -1.94. The molecule has 0 atom stereocenters. The number of aldehydes is 1. The number of aryl methyl sites for hydroxylation is 2. The third-order valence-electron chi connectivity index (χ3n) is 2.39. The van der Waals surface area contributed by atoms with Gasteiger partial charge in [0.2, 0.25) is 0 Å². The topological polar surface area (TPSA) is 99.1 Å². The number of rotatable bonds is 1. The zero-order valence-corrected chi connectivity index (χ0v) is 16.9. The van der Waals surface area contributed by atoms with Gasteiger partial charge in [-0.3, -0.25) is 0 Å². The molecule has 128 valence electrons. The third-order valence-corrected chi connectivity index (χ3v) is 3.63. The summed E-state index contributed by atoms with van der Waals surface area (Å²) in [6, 6.07) is 0. The van der Waals surface area contributed by atoms with E-state index < -0.39 is 0 Å². The number of nitrogens with zero attached hydrogens (tertiary/aromatic N) is 5. The standard InChI is InChI=1S/C7H6BrN3.C5H6BrN3.C2H3ClO/c1-5-4-11-3-2-9-7(11)6(8)10-5;1-3-2-8-5(7)4(6)9-3;3-1-2-4/h2-4H,1H3;2H,1H3,(H2,7,8);2H,1H2. The normalized spacial score (nSPS) is 9.54. The Morgan fingerprint density at radius 2 is 1.83 bits per heavy atom. The maximum atomic E-state index is 9.04. The van der Waals surface area contributed by atoms with Crippen molar-refractivity contribution in [1.82, 2.24) is 24.3 Å². The summed E-state index contributed by atoms with van der Waals surface area (Å²) < 4.78 is 3.34. The zero-order valence-electron chi connectivity index (χ0n) is 12.9. The number of nitrogens with two attached hydrogens (primary N) is 1. The molecule has 0 spiro atoms. The van der Waals surface area contributed by atoms with E-state index in [9.17, 15) is 0 Å². The van der Waals surface area contributed by atoms with Crippen LogP contribution >= 0.6 is 43.5 Å². The van der Waals surface area contributed by atoms with Gasteiger partial charge in [-0.2, -0.15) is 0 Å². The number of carbonyl (C=O) groups excluding carboxylic acids is 1. The van der Waals surface area contributed by atoms with Crippen molar-refractivity contribution < 1.29 is 4.79 Å². The van der Waals surface area contributed by atoms with Crippen LogP contribution in [0.5, 0.6) is 0 Å². The first-order valence-corrected chi connectivity index (χ1v) is 8.71. The Bertz CT molecular complexity index is 811. The van der Waals surface area contributed by atoms with Gasteiger partial charge < -0.3 is 14.9 Å². The highest BCUT2D eigenvalue weighted by molar-refractivity contribution is 9.10. The van der Waals surface area contributed by atoms with Crippen LogP contribution in [-0.4, -0.2) is 36.5 Å². The Morgan fingerprint density at radius 3 is 2.38 bits per heavy atom. The fraction of sp³-hybridized carbons (Fsp3) is 0.214. The van der Waals surface area contributed by atoms with Gasteiger partial charge in [-0.25, -0.2) is 19.9 Å². The number of hydrogen-bond acceptors (Lipinski definition) is 6. The first-order chi connectivity index (χ1) is 11.4. The Kier molecular flexibility index (Phi) is 8.80. The van der Waals surface area contributed by atoms with Crippen LogP contribution in [0.15, 0.2) is 34.0 Å². The van der Waals surface area contributed by atoms with Crippen molar-refractivity contribution in [2.24, 2.45) is 0 Å². The molecule has 3 heterocycles. The minimum absolute atomic E-state index is 0.111. The molecule has 0 aliphatic rings. The van der Waals surface area contributed by atoms with Crippen LogP contribution in [0.1, 0.15) is 11.4 Å². The lowest BCUT2D eigenvalue weighted by molar-refractivity contribution is -0.105. The second-order valence-electron chi connectivity index (χ2n) is 4.34. The van der Waals surface area contributed by atoms with E-state index in [1.807, 2.05) is 30.6 Å². The molecule has 0 bridgehead atoms. The molecule has 24 heavy (non-hydrogen) atoms. The Hall–Kier alpha value is -1.58. The highest BCUT2D eigenvalue weighted by Crippen LogP contribution is 2.13. The van der Waals surface area contributed by atoms with Gasteiger partial charge in [-0.1, -0.05) is 0 Å². The van der Waals surface area contributed by atoms with Crippen molar-refractivity contribution in [1.29, 1.82) is 0 Å². The highest BCUT2D eigenvalue weighted by atomic mass is 79.9. The highest BCUT2D eigenvalue weighted by Gasteiger charge is 2.00. The Balaban J connectivity index is 0.000000201. The largest absolute Gasteiger partial charge is 0.381 e. The predicted octanol–water partition coefficient (Wildman–Crippen LogP) is 3.35. The van der Waals surface area contributed by atoms with E-state index in [2.05, 4.69) is 51.8 Å². The average molecular weight is 479 g/mol.